The number of carbonyl (C=O) groups excluding carboxylic acids is 1. The molecule has 154 valence electrons. The molecule has 1 aromatic heterocycles. The van der Waals surface area contributed by atoms with Crippen LogP contribution in [-0.2, 0) is 4.79 Å². The summed E-state index contributed by atoms with van der Waals surface area (Å²) in [5.41, 5.74) is 2.99. The van der Waals surface area contributed by atoms with Gasteiger partial charge in [-0.05, 0) is 38.3 Å². The van der Waals surface area contributed by atoms with E-state index in [0.717, 1.165) is 43.1 Å². The van der Waals surface area contributed by atoms with Crippen LogP contribution >= 0.6 is 0 Å². The van der Waals surface area contributed by atoms with Crippen molar-refractivity contribution in [2.75, 3.05) is 19.6 Å². The molecule has 1 unspecified atom stereocenters. The summed E-state index contributed by atoms with van der Waals surface area (Å²) in [7, 11) is 0. The molecule has 0 spiro atoms. The number of fused-ring (bicyclic) bond motifs is 3. The molecular formula is C24H32N4O. The zero-order chi connectivity index (χ0) is 20.6. The van der Waals surface area contributed by atoms with E-state index in [1.54, 1.807) is 0 Å². The second-order valence-corrected chi connectivity index (χ2v) is 9.59. The first kappa shape index (κ1) is 20.0. The average molecular weight is 393 g/mol. The van der Waals surface area contributed by atoms with Gasteiger partial charge in [-0.15, -0.1) is 0 Å². The Balaban J connectivity index is 1.48. The summed E-state index contributed by atoms with van der Waals surface area (Å²) >= 11 is 0. The average Bonchev–Trinajstić information content (AvgIpc) is 2.72. The van der Waals surface area contributed by atoms with E-state index in [0.29, 0.717) is 17.9 Å². The summed E-state index contributed by atoms with van der Waals surface area (Å²) in [6, 6.07) is 13.0. The molecule has 3 saturated heterocycles. The van der Waals surface area contributed by atoms with Gasteiger partial charge in [0.2, 0.25) is 5.91 Å². The first-order valence-electron chi connectivity index (χ1n) is 10.7. The van der Waals surface area contributed by atoms with E-state index in [1.807, 2.05) is 33.8 Å². The molecule has 29 heavy (non-hydrogen) atoms. The monoisotopic (exact) mass is 392 g/mol. The molecule has 5 rings (SSSR count). The highest BCUT2D eigenvalue weighted by atomic mass is 16.2. The maximum Gasteiger partial charge on any atom is 0.225 e. The first-order valence-corrected chi connectivity index (χ1v) is 10.7. The highest BCUT2D eigenvalue weighted by molar-refractivity contribution is 5.81. The van der Waals surface area contributed by atoms with E-state index in [1.165, 1.54) is 12.1 Å². The van der Waals surface area contributed by atoms with Crippen LogP contribution < -0.4 is 5.32 Å². The number of nitrogens with one attached hydrogen (secondary N) is 1. The minimum Gasteiger partial charge on any atom is -0.354 e. The van der Waals surface area contributed by atoms with Gasteiger partial charge in [0.25, 0.3) is 0 Å². The van der Waals surface area contributed by atoms with Gasteiger partial charge in [-0.1, -0.05) is 51.1 Å². The number of piperidine rings is 3. The zero-order valence-electron chi connectivity index (χ0n) is 18.0. The highest BCUT2D eigenvalue weighted by Crippen LogP contribution is 2.41. The van der Waals surface area contributed by atoms with Gasteiger partial charge in [-0.25, -0.2) is 9.97 Å². The lowest BCUT2D eigenvalue weighted by Crippen LogP contribution is -2.56. The van der Waals surface area contributed by atoms with Crippen LogP contribution in [0.15, 0.2) is 36.4 Å². The Labute approximate surface area is 173 Å². The fourth-order valence-corrected chi connectivity index (χ4v) is 4.70. The Morgan fingerprint density at radius 3 is 2.62 bits per heavy atom. The molecule has 0 aliphatic carbocycles. The number of amides is 1. The van der Waals surface area contributed by atoms with Crippen molar-refractivity contribution < 1.29 is 4.79 Å². The van der Waals surface area contributed by atoms with E-state index in [-0.39, 0.29) is 11.3 Å². The fraction of sp³-hybridized carbons (Fsp3) is 0.542. The van der Waals surface area contributed by atoms with Crippen molar-refractivity contribution in [1.29, 1.82) is 0 Å². The van der Waals surface area contributed by atoms with Gasteiger partial charge in [0, 0.05) is 41.7 Å². The number of hydrogen-bond acceptors (Lipinski definition) is 4. The van der Waals surface area contributed by atoms with Gasteiger partial charge < -0.3 is 5.32 Å². The molecule has 3 aliphatic rings. The predicted octanol–water partition coefficient (Wildman–Crippen LogP) is 3.79. The van der Waals surface area contributed by atoms with Gasteiger partial charge in [0.05, 0.1) is 5.69 Å². The molecule has 2 aromatic rings. The second kappa shape index (κ2) is 7.86. The molecule has 3 aliphatic heterocycles. The summed E-state index contributed by atoms with van der Waals surface area (Å²) < 4.78 is 0. The van der Waals surface area contributed by atoms with Crippen LogP contribution in [0, 0.1) is 18.3 Å². The van der Waals surface area contributed by atoms with Gasteiger partial charge in [0.15, 0.2) is 0 Å². The minimum absolute atomic E-state index is 0.135. The molecule has 1 N–H and O–H groups in total. The Bertz CT molecular complexity index is 874. The van der Waals surface area contributed by atoms with Crippen molar-refractivity contribution in [3.8, 4) is 11.3 Å². The standard InChI is InChI=1S/C24H32N4O/c1-16-26-21(17-8-6-5-7-9-17)13-22(27-16)20-15-28-11-10-18(20)12-19(28)14-25-23(29)24(2,3)4/h5-9,13,18-20H,10-12,14-15H2,1-4H3,(H,25,29)/t18-,19+,20+/m0/s1. The van der Waals surface area contributed by atoms with Crippen molar-refractivity contribution in [3.63, 3.8) is 0 Å². The number of aromatic nitrogens is 2. The number of nitrogens with zero attached hydrogens (tertiary/aromatic N) is 3. The number of hydrogen-bond donors (Lipinski definition) is 1. The van der Waals surface area contributed by atoms with Crippen molar-refractivity contribution in [2.45, 2.75) is 52.5 Å². The van der Waals surface area contributed by atoms with Crippen LogP contribution in [0.3, 0.4) is 0 Å². The third-order valence-corrected chi connectivity index (χ3v) is 6.37. The Morgan fingerprint density at radius 2 is 1.97 bits per heavy atom. The zero-order valence-corrected chi connectivity index (χ0v) is 18.0. The molecule has 0 radical (unpaired) electrons. The molecule has 1 aromatic carbocycles. The molecule has 1 amide bonds. The van der Waals surface area contributed by atoms with Gasteiger partial charge in [0.1, 0.15) is 5.82 Å². The fourth-order valence-electron chi connectivity index (χ4n) is 4.70. The summed E-state index contributed by atoms with van der Waals surface area (Å²) in [4.78, 5) is 24.3. The summed E-state index contributed by atoms with van der Waals surface area (Å²) in [5, 5.41) is 3.17. The van der Waals surface area contributed by atoms with Crippen LogP contribution in [0.1, 0.15) is 51.0 Å². The topological polar surface area (TPSA) is 58.1 Å². The summed E-state index contributed by atoms with van der Waals surface area (Å²) in [6.07, 6.45) is 2.33. The lowest BCUT2D eigenvalue weighted by atomic mass is 9.74. The molecular weight excluding hydrogens is 360 g/mol. The lowest BCUT2D eigenvalue weighted by molar-refractivity contribution is -0.129. The summed E-state index contributed by atoms with van der Waals surface area (Å²) in [6.45, 7) is 10.8. The predicted molar refractivity (Wildman–Crippen MR) is 115 cm³/mol. The Kier molecular flexibility index (Phi) is 5.43. The van der Waals surface area contributed by atoms with Gasteiger partial charge in [-0.2, -0.15) is 0 Å². The Hall–Kier alpha value is -2.27. The number of carbonyl (C=O) groups is 1. The van der Waals surface area contributed by atoms with Crippen LogP contribution in [-0.4, -0.2) is 46.5 Å². The molecule has 4 heterocycles. The molecule has 0 saturated carbocycles. The molecule has 5 heteroatoms. The SMILES string of the molecule is Cc1nc(-c2ccccc2)cc([C@@H]2CN3CC[C@H]2C[C@@H]3CNC(=O)C(C)(C)C)n1. The van der Waals surface area contributed by atoms with Crippen LogP contribution in [0.2, 0.25) is 0 Å². The second-order valence-electron chi connectivity index (χ2n) is 9.59. The molecule has 3 fully saturated rings. The van der Waals surface area contributed by atoms with E-state index in [2.05, 4.69) is 45.5 Å². The normalized spacial score (nSPS) is 26.3. The van der Waals surface area contributed by atoms with Crippen LogP contribution in [0.5, 0.6) is 0 Å². The molecule has 2 bridgehead atoms. The first-order chi connectivity index (χ1) is 13.8. The van der Waals surface area contributed by atoms with Crippen LogP contribution in [0.25, 0.3) is 11.3 Å². The third-order valence-electron chi connectivity index (χ3n) is 6.37. The van der Waals surface area contributed by atoms with Crippen molar-refractivity contribution >= 4 is 5.91 Å². The quantitative estimate of drug-likeness (QED) is 0.860. The number of aryl methyl sites for hydroxylation is 1. The van der Waals surface area contributed by atoms with E-state index in [9.17, 15) is 4.79 Å². The molecule has 4 atom stereocenters. The highest BCUT2D eigenvalue weighted by Gasteiger charge is 2.41. The van der Waals surface area contributed by atoms with Gasteiger partial charge >= 0.3 is 0 Å². The van der Waals surface area contributed by atoms with Crippen molar-refractivity contribution in [2.24, 2.45) is 11.3 Å². The van der Waals surface area contributed by atoms with Crippen molar-refractivity contribution in [3.05, 3.63) is 47.9 Å². The van der Waals surface area contributed by atoms with E-state index < -0.39 is 0 Å². The van der Waals surface area contributed by atoms with E-state index >= 15 is 0 Å². The number of benzene rings is 1. The summed E-state index contributed by atoms with van der Waals surface area (Å²) in [5.74, 6) is 2.04. The van der Waals surface area contributed by atoms with Gasteiger partial charge in [-0.3, -0.25) is 9.69 Å². The lowest BCUT2D eigenvalue weighted by Gasteiger charge is -2.50. The smallest absolute Gasteiger partial charge is 0.225 e. The third kappa shape index (κ3) is 4.35. The maximum atomic E-state index is 12.3. The minimum atomic E-state index is -0.335. The van der Waals surface area contributed by atoms with Crippen molar-refractivity contribution in [1.82, 2.24) is 20.2 Å². The maximum absolute atomic E-state index is 12.3. The largest absolute Gasteiger partial charge is 0.354 e. The molecule has 5 nitrogen and oxygen atoms in total. The Morgan fingerprint density at radius 1 is 1.21 bits per heavy atom. The van der Waals surface area contributed by atoms with Crippen LogP contribution in [0.4, 0.5) is 0 Å². The number of rotatable bonds is 4. The van der Waals surface area contributed by atoms with E-state index in [4.69, 9.17) is 4.98 Å².